The van der Waals surface area contributed by atoms with E-state index in [0.717, 1.165) is 17.8 Å². The number of halogens is 2. The van der Waals surface area contributed by atoms with Gasteiger partial charge in [-0.25, -0.2) is 8.78 Å². The lowest BCUT2D eigenvalue weighted by molar-refractivity contribution is 0.507. The molecule has 0 unspecified atom stereocenters. The van der Waals surface area contributed by atoms with Gasteiger partial charge in [-0.15, -0.1) is 0 Å². The maximum Gasteiger partial charge on any atom is 0.248 e. The summed E-state index contributed by atoms with van der Waals surface area (Å²) in [7, 11) is 0. The van der Waals surface area contributed by atoms with Gasteiger partial charge in [0.1, 0.15) is 0 Å². The minimum atomic E-state index is -0.878. The predicted molar refractivity (Wildman–Crippen MR) is 72.8 cm³/mol. The van der Waals surface area contributed by atoms with E-state index in [-0.39, 0.29) is 6.54 Å². The molecular weight excluding hydrogens is 276 g/mol. The Morgan fingerprint density at radius 2 is 1.81 bits per heavy atom. The summed E-state index contributed by atoms with van der Waals surface area (Å²) in [6, 6.07) is 13.1. The van der Waals surface area contributed by atoms with Gasteiger partial charge in [0.2, 0.25) is 5.95 Å². The van der Waals surface area contributed by atoms with Gasteiger partial charge in [0.15, 0.2) is 11.6 Å². The van der Waals surface area contributed by atoms with Gasteiger partial charge in [-0.2, -0.15) is 4.68 Å². The minimum Gasteiger partial charge on any atom is -0.349 e. The molecule has 0 aliphatic rings. The van der Waals surface area contributed by atoms with Crippen LogP contribution in [0.15, 0.2) is 48.5 Å². The molecule has 0 radical (unpaired) electrons. The van der Waals surface area contributed by atoms with E-state index in [1.54, 1.807) is 0 Å². The molecule has 3 rings (SSSR count). The summed E-state index contributed by atoms with van der Waals surface area (Å²) in [5.74, 6) is -1.32. The highest BCUT2D eigenvalue weighted by atomic mass is 19.2. The van der Waals surface area contributed by atoms with Crippen molar-refractivity contribution in [1.29, 1.82) is 0 Å². The van der Waals surface area contributed by atoms with E-state index in [1.807, 2.05) is 30.3 Å². The minimum absolute atomic E-state index is 0.282. The second-order valence-corrected chi connectivity index (χ2v) is 4.35. The van der Waals surface area contributed by atoms with Crippen molar-refractivity contribution in [3.05, 3.63) is 65.7 Å². The van der Waals surface area contributed by atoms with Gasteiger partial charge in [0.05, 0.1) is 5.69 Å². The van der Waals surface area contributed by atoms with Crippen LogP contribution in [0.5, 0.6) is 0 Å². The molecule has 0 bridgehead atoms. The molecule has 2 aromatic carbocycles. The Balaban J connectivity index is 1.77. The average Bonchev–Trinajstić information content (AvgIpc) is 2.98. The normalized spacial score (nSPS) is 10.6. The monoisotopic (exact) mass is 287 g/mol. The molecule has 0 saturated heterocycles. The number of anilines is 1. The molecule has 1 heterocycles. The Hall–Kier alpha value is -2.83. The first-order valence-corrected chi connectivity index (χ1v) is 6.25. The van der Waals surface area contributed by atoms with Gasteiger partial charge in [-0.1, -0.05) is 29.4 Å². The first kappa shape index (κ1) is 13.2. The predicted octanol–water partition coefficient (Wildman–Crippen LogP) is 2.55. The van der Waals surface area contributed by atoms with Crippen LogP contribution in [-0.2, 0) is 6.54 Å². The van der Waals surface area contributed by atoms with Crippen molar-refractivity contribution < 1.29 is 8.78 Å². The van der Waals surface area contributed by atoms with Gasteiger partial charge in [-0.05, 0) is 40.3 Å². The number of nitrogens with zero attached hydrogens (tertiary/aromatic N) is 4. The third kappa shape index (κ3) is 2.86. The molecule has 21 heavy (non-hydrogen) atoms. The van der Waals surface area contributed by atoms with E-state index in [0.29, 0.717) is 11.5 Å². The fourth-order valence-electron chi connectivity index (χ4n) is 1.87. The summed E-state index contributed by atoms with van der Waals surface area (Å²) >= 11 is 0. The fraction of sp³-hybridized carbons (Fsp3) is 0.0714. The quantitative estimate of drug-likeness (QED) is 0.801. The van der Waals surface area contributed by atoms with Crippen LogP contribution >= 0.6 is 0 Å². The zero-order valence-electron chi connectivity index (χ0n) is 10.9. The molecule has 0 spiro atoms. The first-order valence-electron chi connectivity index (χ1n) is 6.25. The van der Waals surface area contributed by atoms with Crippen LogP contribution < -0.4 is 5.32 Å². The van der Waals surface area contributed by atoms with Crippen molar-refractivity contribution in [3.63, 3.8) is 0 Å². The molecule has 0 amide bonds. The molecule has 1 N–H and O–H groups in total. The van der Waals surface area contributed by atoms with E-state index >= 15 is 0 Å². The summed E-state index contributed by atoms with van der Waals surface area (Å²) in [6.45, 7) is 0.282. The standard InChI is InChI=1S/C14H11F2N5/c15-12-7-6-10(8-13(12)16)9-17-14-18-19-20-21(14)11-4-2-1-3-5-11/h1-8H,9H2,(H,17,18,20). The fourth-order valence-corrected chi connectivity index (χ4v) is 1.87. The third-order valence-corrected chi connectivity index (χ3v) is 2.90. The van der Waals surface area contributed by atoms with Crippen molar-refractivity contribution in [2.45, 2.75) is 6.54 Å². The summed E-state index contributed by atoms with van der Waals surface area (Å²) in [6.07, 6.45) is 0. The van der Waals surface area contributed by atoms with Crippen LogP contribution in [0.3, 0.4) is 0 Å². The van der Waals surface area contributed by atoms with E-state index in [4.69, 9.17) is 0 Å². The zero-order chi connectivity index (χ0) is 14.7. The Morgan fingerprint density at radius 1 is 1.00 bits per heavy atom. The molecule has 1 aromatic heterocycles. The van der Waals surface area contributed by atoms with E-state index < -0.39 is 11.6 Å². The number of hydrogen-bond donors (Lipinski definition) is 1. The Kier molecular flexibility index (Phi) is 3.55. The van der Waals surface area contributed by atoms with Crippen LogP contribution in [0, 0.1) is 11.6 Å². The number of benzene rings is 2. The Bertz CT molecular complexity index is 742. The Labute approximate surface area is 119 Å². The van der Waals surface area contributed by atoms with E-state index in [2.05, 4.69) is 20.8 Å². The third-order valence-electron chi connectivity index (χ3n) is 2.90. The van der Waals surface area contributed by atoms with Gasteiger partial charge < -0.3 is 5.32 Å². The molecule has 3 aromatic rings. The maximum absolute atomic E-state index is 13.1. The molecule has 0 saturated carbocycles. The molecule has 7 heteroatoms. The summed E-state index contributed by atoms with van der Waals surface area (Å²) < 4.78 is 27.5. The number of rotatable bonds is 4. The highest BCUT2D eigenvalue weighted by Gasteiger charge is 2.08. The molecule has 0 atom stereocenters. The lowest BCUT2D eigenvalue weighted by atomic mass is 10.2. The summed E-state index contributed by atoms with van der Waals surface area (Å²) in [4.78, 5) is 0. The van der Waals surface area contributed by atoms with Crippen LogP contribution in [0.4, 0.5) is 14.7 Å². The average molecular weight is 287 g/mol. The molecule has 5 nitrogen and oxygen atoms in total. The number of nitrogens with one attached hydrogen (secondary N) is 1. The maximum atomic E-state index is 13.1. The van der Waals surface area contributed by atoms with Crippen molar-refractivity contribution in [1.82, 2.24) is 20.2 Å². The van der Waals surface area contributed by atoms with Gasteiger partial charge in [0, 0.05) is 6.54 Å². The molecular formula is C14H11F2N5. The smallest absolute Gasteiger partial charge is 0.248 e. The highest BCUT2D eigenvalue weighted by molar-refractivity contribution is 5.38. The molecule has 106 valence electrons. The second-order valence-electron chi connectivity index (χ2n) is 4.35. The first-order chi connectivity index (χ1) is 10.2. The van der Waals surface area contributed by atoms with Gasteiger partial charge in [0.25, 0.3) is 0 Å². The number of para-hydroxylation sites is 1. The van der Waals surface area contributed by atoms with Crippen molar-refractivity contribution in [2.24, 2.45) is 0 Å². The van der Waals surface area contributed by atoms with Crippen molar-refractivity contribution >= 4 is 5.95 Å². The highest BCUT2D eigenvalue weighted by Crippen LogP contribution is 2.13. The van der Waals surface area contributed by atoms with E-state index in [1.165, 1.54) is 10.7 Å². The van der Waals surface area contributed by atoms with Gasteiger partial charge in [-0.3, -0.25) is 0 Å². The number of aromatic nitrogens is 4. The molecule has 0 aliphatic carbocycles. The summed E-state index contributed by atoms with van der Waals surface area (Å²) in [5.41, 5.74) is 1.40. The van der Waals surface area contributed by atoms with Crippen molar-refractivity contribution in [3.8, 4) is 5.69 Å². The zero-order valence-corrected chi connectivity index (χ0v) is 10.9. The topological polar surface area (TPSA) is 55.6 Å². The summed E-state index contributed by atoms with van der Waals surface area (Å²) in [5, 5.41) is 14.4. The van der Waals surface area contributed by atoms with Crippen LogP contribution in [0.2, 0.25) is 0 Å². The van der Waals surface area contributed by atoms with Crippen LogP contribution in [-0.4, -0.2) is 20.2 Å². The van der Waals surface area contributed by atoms with Gasteiger partial charge >= 0.3 is 0 Å². The largest absolute Gasteiger partial charge is 0.349 e. The number of tetrazole rings is 1. The van der Waals surface area contributed by atoms with Crippen LogP contribution in [0.25, 0.3) is 5.69 Å². The Morgan fingerprint density at radius 3 is 2.57 bits per heavy atom. The SMILES string of the molecule is Fc1ccc(CNc2nnnn2-c2ccccc2)cc1F. The number of hydrogen-bond acceptors (Lipinski definition) is 4. The van der Waals surface area contributed by atoms with Crippen molar-refractivity contribution in [2.75, 3.05) is 5.32 Å². The molecule has 0 aliphatic heterocycles. The lowest BCUT2D eigenvalue weighted by Gasteiger charge is -2.07. The van der Waals surface area contributed by atoms with Crippen LogP contribution in [0.1, 0.15) is 5.56 Å². The molecule has 0 fully saturated rings. The second kappa shape index (κ2) is 5.66. The van der Waals surface area contributed by atoms with E-state index in [9.17, 15) is 8.78 Å². The lowest BCUT2D eigenvalue weighted by Crippen LogP contribution is -2.07.